The van der Waals surface area contributed by atoms with Crippen LogP contribution in [0.2, 0.25) is 0 Å². The van der Waals surface area contributed by atoms with Gasteiger partial charge in [-0.3, -0.25) is 14.4 Å². The van der Waals surface area contributed by atoms with E-state index in [-0.39, 0.29) is 30.4 Å². The molecule has 0 bridgehead atoms. The molecule has 0 saturated heterocycles. The summed E-state index contributed by atoms with van der Waals surface area (Å²) >= 11 is 0. The van der Waals surface area contributed by atoms with Crippen LogP contribution in [-0.4, -0.2) is 51.8 Å². The van der Waals surface area contributed by atoms with Crippen molar-refractivity contribution in [1.82, 2.24) is 5.32 Å². The van der Waals surface area contributed by atoms with E-state index in [1.54, 1.807) is 24.3 Å². The third kappa shape index (κ3) is 6.63. The molecule has 0 radical (unpaired) electrons. The fraction of sp³-hybridized carbons (Fsp3) is 0.348. The molecule has 1 aliphatic rings. The normalized spacial score (nSPS) is 12.4. The number of carbonyl (C=O) groups is 3. The molecule has 1 aliphatic carbocycles. The minimum absolute atomic E-state index is 0.213. The highest BCUT2D eigenvalue weighted by molar-refractivity contribution is 5.96. The number of methoxy groups -OCH3 is 2. The van der Waals surface area contributed by atoms with Gasteiger partial charge in [0.25, 0.3) is 11.8 Å². The fourth-order valence-electron chi connectivity index (χ4n) is 2.81. The van der Waals surface area contributed by atoms with E-state index in [0.29, 0.717) is 29.7 Å². The third-order valence-corrected chi connectivity index (χ3v) is 4.74. The highest BCUT2D eigenvalue weighted by Crippen LogP contribution is 2.29. The van der Waals surface area contributed by atoms with Gasteiger partial charge in [0.05, 0.1) is 26.5 Å². The zero-order chi connectivity index (χ0) is 22.9. The molecule has 1 saturated carbocycles. The van der Waals surface area contributed by atoms with Crippen LogP contribution in [0.25, 0.3) is 0 Å². The van der Waals surface area contributed by atoms with Gasteiger partial charge in [0.15, 0.2) is 18.1 Å². The number of benzene rings is 2. The maximum absolute atomic E-state index is 12.3. The van der Waals surface area contributed by atoms with Crippen LogP contribution in [-0.2, 0) is 14.3 Å². The first-order valence-corrected chi connectivity index (χ1v) is 10.2. The average Bonchev–Trinajstić information content (AvgIpc) is 3.64. The Morgan fingerprint density at radius 3 is 2.44 bits per heavy atom. The number of esters is 1. The molecule has 9 heteroatoms. The molecule has 0 aliphatic heterocycles. The molecule has 0 unspecified atom stereocenters. The van der Waals surface area contributed by atoms with Crippen LogP contribution in [0.5, 0.6) is 17.2 Å². The molecule has 170 valence electrons. The Labute approximate surface area is 186 Å². The topological polar surface area (TPSA) is 112 Å². The van der Waals surface area contributed by atoms with E-state index in [4.69, 9.17) is 18.9 Å². The van der Waals surface area contributed by atoms with Crippen LogP contribution < -0.4 is 24.8 Å². The Hall–Kier alpha value is -3.75. The molecule has 1 fully saturated rings. The molecular formula is C23H26N2O7. The Morgan fingerprint density at radius 2 is 1.72 bits per heavy atom. The molecule has 2 aromatic rings. The monoisotopic (exact) mass is 442 g/mol. The molecular weight excluding hydrogens is 416 g/mol. The Bertz CT molecular complexity index is 973. The van der Waals surface area contributed by atoms with Gasteiger partial charge in [-0.25, -0.2) is 0 Å². The summed E-state index contributed by atoms with van der Waals surface area (Å²) in [7, 11) is 2.94. The van der Waals surface area contributed by atoms with Crippen LogP contribution in [0, 0.1) is 5.92 Å². The van der Waals surface area contributed by atoms with E-state index in [2.05, 4.69) is 10.6 Å². The van der Waals surface area contributed by atoms with Crippen molar-refractivity contribution in [1.29, 1.82) is 0 Å². The molecule has 0 spiro atoms. The standard InChI is InChI=1S/C23H26N2O7/c1-29-18-6-4-3-5-17(18)25-21(26)14-31-19-10-9-16(11-20(19)30-2)23(28)24-12-22(27)32-13-15-7-8-15/h3-6,9-11,15H,7-8,12-14H2,1-2H3,(H,24,28)(H,25,26). The number of carbonyl (C=O) groups excluding carboxylic acids is 3. The van der Waals surface area contributed by atoms with E-state index >= 15 is 0 Å². The minimum atomic E-state index is -0.474. The number of nitrogens with one attached hydrogen (secondary N) is 2. The number of hydrogen-bond donors (Lipinski definition) is 2. The zero-order valence-electron chi connectivity index (χ0n) is 18.0. The van der Waals surface area contributed by atoms with Crippen molar-refractivity contribution in [2.45, 2.75) is 12.8 Å². The summed E-state index contributed by atoms with van der Waals surface area (Å²) < 4.78 is 21.1. The first kappa shape index (κ1) is 22.9. The summed E-state index contributed by atoms with van der Waals surface area (Å²) in [6.07, 6.45) is 2.16. The second kappa shape index (κ2) is 11.0. The summed E-state index contributed by atoms with van der Waals surface area (Å²) in [4.78, 5) is 36.2. The molecule has 3 rings (SSSR count). The number of amides is 2. The lowest BCUT2D eigenvalue weighted by molar-refractivity contribution is -0.142. The predicted molar refractivity (Wildman–Crippen MR) is 116 cm³/mol. The lowest BCUT2D eigenvalue weighted by Gasteiger charge is -2.13. The molecule has 9 nitrogen and oxygen atoms in total. The lowest BCUT2D eigenvalue weighted by atomic mass is 10.2. The maximum atomic E-state index is 12.3. The molecule has 0 aromatic heterocycles. The predicted octanol–water partition coefficient (Wildman–Crippen LogP) is 2.40. The minimum Gasteiger partial charge on any atom is -0.495 e. The smallest absolute Gasteiger partial charge is 0.325 e. The van der Waals surface area contributed by atoms with Gasteiger partial charge in [-0.2, -0.15) is 0 Å². The highest BCUT2D eigenvalue weighted by Gasteiger charge is 2.23. The number of anilines is 1. The lowest BCUT2D eigenvalue weighted by Crippen LogP contribution is -2.31. The van der Waals surface area contributed by atoms with Gasteiger partial charge in [0, 0.05) is 5.56 Å². The van der Waals surface area contributed by atoms with Crippen LogP contribution in [0.4, 0.5) is 5.69 Å². The van der Waals surface area contributed by atoms with Crippen molar-refractivity contribution in [3.63, 3.8) is 0 Å². The largest absolute Gasteiger partial charge is 0.495 e. The van der Waals surface area contributed by atoms with Crippen LogP contribution in [0.1, 0.15) is 23.2 Å². The van der Waals surface area contributed by atoms with Crippen molar-refractivity contribution in [2.24, 2.45) is 5.92 Å². The van der Waals surface area contributed by atoms with Gasteiger partial charge in [0.1, 0.15) is 12.3 Å². The summed E-state index contributed by atoms with van der Waals surface area (Å²) in [5.74, 6) is 0.254. The summed E-state index contributed by atoms with van der Waals surface area (Å²) in [5, 5.41) is 5.23. The first-order chi connectivity index (χ1) is 15.5. The highest BCUT2D eigenvalue weighted by atomic mass is 16.5. The molecule has 32 heavy (non-hydrogen) atoms. The van der Waals surface area contributed by atoms with Gasteiger partial charge < -0.3 is 29.6 Å². The third-order valence-electron chi connectivity index (χ3n) is 4.74. The van der Waals surface area contributed by atoms with Gasteiger partial charge in [-0.1, -0.05) is 12.1 Å². The van der Waals surface area contributed by atoms with Gasteiger partial charge in [-0.15, -0.1) is 0 Å². The second-order valence-electron chi connectivity index (χ2n) is 7.21. The molecule has 2 amide bonds. The van der Waals surface area contributed by atoms with Gasteiger partial charge in [-0.05, 0) is 49.1 Å². The van der Waals surface area contributed by atoms with Crippen molar-refractivity contribution < 1.29 is 33.3 Å². The molecule has 2 aromatic carbocycles. The Morgan fingerprint density at radius 1 is 0.969 bits per heavy atom. The van der Waals surface area contributed by atoms with Crippen molar-refractivity contribution in [3.8, 4) is 17.2 Å². The summed E-state index contributed by atoms with van der Waals surface area (Å²) in [5.41, 5.74) is 0.806. The number of para-hydroxylation sites is 2. The number of ether oxygens (including phenoxy) is 4. The quantitative estimate of drug-likeness (QED) is 0.514. The van der Waals surface area contributed by atoms with Gasteiger partial charge >= 0.3 is 5.97 Å². The van der Waals surface area contributed by atoms with Crippen LogP contribution >= 0.6 is 0 Å². The van der Waals surface area contributed by atoms with E-state index in [1.807, 2.05) is 0 Å². The maximum Gasteiger partial charge on any atom is 0.325 e. The van der Waals surface area contributed by atoms with Crippen LogP contribution in [0.3, 0.4) is 0 Å². The zero-order valence-corrected chi connectivity index (χ0v) is 18.0. The number of hydrogen-bond acceptors (Lipinski definition) is 7. The Balaban J connectivity index is 1.52. The first-order valence-electron chi connectivity index (χ1n) is 10.2. The molecule has 2 N–H and O–H groups in total. The average molecular weight is 442 g/mol. The van der Waals surface area contributed by atoms with E-state index < -0.39 is 11.9 Å². The second-order valence-corrected chi connectivity index (χ2v) is 7.21. The van der Waals surface area contributed by atoms with Crippen molar-refractivity contribution >= 4 is 23.5 Å². The van der Waals surface area contributed by atoms with Crippen molar-refractivity contribution in [3.05, 3.63) is 48.0 Å². The van der Waals surface area contributed by atoms with E-state index in [9.17, 15) is 14.4 Å². The van der Waals surface area contributed by atoms with Crippen LogP contribution in [0.15, 0.2) is 42.5 Å². The van der Waals surface area contributed by atoms with Crippen molar-refractivity contribution in [2.75, 3.05) is 39.3 Å². The number of rotatable bonds is 11. The molecule has 0 atom stereocenters. The summed E-state index contributed by atoms with van der Waals surface area (Å²) in [6, 6.07) is 11.5. The van der Waals surface area contributed by atoms with E-state index in [0.717, 1.165) is 12.8 Å². The fourth-order valence-corrected chi connectivity index (χ4v) is 2.81. The van der Waals surface area contributed by atoms with Gasteiger partial charge in [0.2, 0.25) is 0 Å². The van der Waals surface area contributed by atoms with E-state index in [1.165, 1.54) is 32.4 Å². The Kier molecular flexibility index (Phi) is 7.91. The summed E-state index contributed by atoms with van der Waals surface area (Å²) in [6.45, 7) is -0.0821. The molecule has 0 heterocycles. The SMILES string of the molecule is COc1ccccc1NC(=O)COc1ccc(C(=O)NCC(=O)OCC2CC2)cc1OC.